The van der Waals surface area contributed by atoms with E-state index in [4.69, 9.17) is 5.73 Å². The normalized spacial score (nSPS) is 11.3. The lowest BCUT2D eigenvalue weighted by Crippen LogP contribution is -2.37. The summed E-state index contributed by atoms with van der Waals surface area (Å²) in [7, 11) is 0. The van der Waals surface area contributed by atoms with Gasteiger partial charge in [0.15, 0.2) is 0 Å². The fourth-order valence-corrected chi connectivity index (χ4v) is 5.50. The van der Waals surface area contributed by atoms with Gasteiger partial charge in [0.2, 0.25) is 11.8 Å². The van der Waals surface area contributed by atoms with Crippen LogP contribution >= 0.6 is 0 Å². The van der Waals surface area contributed by atoms with Crippen LogP contribution in [-0.4, -0.2) is 69.1 Å². The molecule has 0 saturated heterocycles. The average molecular weight is 610 g/mol. The van der Waals surface area contributed by atoms with Gasteiger partial charge in [-0.1, -0.05) is 129 Å². The van der Waals surface area contributed by atoms with Gasteiger partial charge in [0, 0.05) is 52.1 Å². The molecule has 256 valence electrons. The Hall–Kier alpha value is -1.18. The van der Waals surface area contributed by atoms with E-state index in [0.29, 0.717) is 19.4 Å². The molecular weight excluding hydrogens is 534 g/mol. The maximum absolute atomic E-state index is 12.4. The van der Waals surface area contributed by atoms with Crippen LogP contribution in [0.5, 0.6) is 0 Å². The average Bonchev–Trinajstić information content (AvgIpc) is 3.01. The number of hydrogen-bond donors (Lipinski definition) is 4. The highest BCUT2D eigenvalue weighted by Gasteiger charge is 2.09. The van der Waals surface area contributed by atoms with E-state index in [1.807, 2.05) is 0 Å². The first kappa shape index (κ1) is 41.8. The third-order valence-electron chi connectivity index (χ3n) is 8.42. The first-order valence-corrected chi connectivity index (χ1v) is 18.8. The standard InChI is InChI=1S/C36H75N5O2/c1-3-5-7-9-11-13-15-17-18-22-28-39-35(42)25-30-38-31-34-41(32-24-20-21-27-37)33-26-36(43)40-29-23-19-16-14-12-10-8-6-4-2/h38H,3-34,37H2,1-2H3,(H,39,42)(H,40,43). The zero-order valence-corrected chi connectivity index (χ0v) is 29.0. The van der Waals surface area contributed by atoms with Crippen molar-refractivity contribution >= 4 is 11.8 Å². The maximum Gasteiger partial charge on any atom is 0.221 e. The Balaban J connectivity index is 3.86. The van der Waals surface area contributed by atoms with Crippen molar-refractivity contribution in [3.05, 3.63) is 0 Å². The zero-order valence-electron chi connectivity index (χ0n) is 29.0. The summed E-state index contributed by atoms with van der Waals surface area (Å²) in [6.45, 7) is 11.1. The molecule has 0 heterocycles. The van der Waals surface area contributed by atoms with Gasteiger partial charge in [-0.2, -0.15) is 0 Å². The summed E-state index contributed by atoms with van der Waals surface area (Å²) in [4.78, 5) is 27.0. The fourth-order valence-electron chi connectivity index (χ4n) is 5.50. The van der Waals surface area contributed by atoms with Crippen LogP contribution in [0.3, 0.4) is 0 Å². The predicted molar refractivity (Wildman–Crippen MR) is 187 cm³/mol. The van der Waals surface area contributed by atoms with Crippen LogP contribution < -0.4 is 21.7 Å². The molecular formula is C36H75N5O2. The molecule has 5 N–H and O–H groups in total. The summed E-state index contributed by atoms with van der Waals surface area (Å²) in [6, 6.07) is 0. The highest BCUT2D eigenvalue weighted by atomic mass is 16.2. The number of carbonyl (C=O) groups excluding carboxylic acids is 2. The number of rotatable bonds is 35. The second kappa shape index (κ2) is 35.3. The first-order valence-electron chi connectivity index (χ1n) is 18.8. The Morgan fingerprint density at radius 2 is 0.907 bits per heavy atom. The van der Waals surface area contributed by atoms with Crippen LogP contribution in [0.25, 0.3) is 0 Å². The van der Waals surface area contributed by atoms with Crippen molar-refractivity contribution in [1.82, 2.24) is 20.9 Å². The Kier molecular flexibility index (Phi) is 34.3. The number of amides is 2. The van der Waals surface area contributed by atoms with Crippen molar-refractivity contribution in [1.29, 1.82) is 0 Å². The quantitative estimate of drug-likeness (QED) is 0.0559. The molecule has 0 aromatic carbocycles. The Labute approximate surface area is 268 Å². The smallest absolute Gasteiger partial charge is 0.221 e. The van der Waals surface area contributed by atoms with E-state index < -0.39 is 0 Å². The fraction of sp³-hybridized carbons (Fsp3) is 0.944. The van der Waals surface area contributed by atoms with Crippen LogP contribution in [0, 0.1) is 0 Å². The Morgan fingerprint density at radius 3 is 1.40 bits per heavy atom. The number of unbranched alkanes of at least 4 members (excludes halogenated alkanes) is 19. The highest BCUT2D eigenvalue weighted by molar-refractivity contribution is 5.76. The molecule has 2 amide bonds. The largest absolute Gasteiger partial charge is 0.356 e. The monoisotopic (exact) mass is 610 g/mol. The van der Waals surface area contributed by atoms with E-state index in [0.717, 1.165) is 77.9 Å². The van der Waals surface area contributed by atoms with Crippen molar-refractivity contribution in [3.8, 4) is 0 Å². The molecule has 0 saturated carbocycles. The molecule has 0 aliphatic rings. The van der Waals surface area contributed by atoms with Gasteiger partial charge in [0.25, 0.3) is 0 Å². The van der Waals surface area contributed by atoms with Crippen LogP contribution in [0.1, 0.15) is 168 Å². The number of nitrogens with one attached hydrogen (secondary N) is 3. The summed E-state index contributed by atoms with van der Waals surface area (Å²) in [5.41, 5.74) is 5.66. The molecule has 43 heavy (non-hydrogen) atoms. The molecule has 0 aromatic heterocycles. The molecule has 0 bridgehead atoms. The molecule has 0 rings (SSSR count). The summed E-state index contributed by atoms with van der Waals surface area (Å²) in [5, 5.41) is 9.63. The van der Waals surface area contributed by atoms with Crippen LogP contribution in [0.15, 0.2) is 0 Å². The molecule has 0 aliphatic carbocycles. The van der Waals surface area contributed by atoms with Crippen LogP contribution in [-0.2, 0) is 9.59 Å². The lowest BCUT2D eigenvalue weighted by atomic mass is 10.1. The van der Waals surface area contributed by atoms with Gasteiger partial charge in [-0.05, 0) is 38.8 Å². The Bertz CT molecular complexity index is 590. The van der Waals surface area contributed by atoms with Crippen molar-refractivity contribution in [3.63, 3.8) is 0 Å². The third kappa shape index (κ3) is 33.5. The number of nitrogens with zero attached hydrogens (tertiary/aromatic N) is 1. The molecule has 7 nitrogen and oxygen atoms in total. The first-order chi connectivity index (χ1) is 21.1. The number of carbonyl (C=O) groups is 2. The summed E-state index contributed by atoms with van der Waals surface area (Å²) < 4.78 is 0. The molecule has 0 spiro atoms. The zero-order chi connectivity index (χ0) is 31.5. The summed E-state index contributed by atoms with van der Waals surface area (Å²) >= 11 is 0. The van der Waals surface area contributed by atoms with Gasteiger partial charge in [-0.15, -0.1) is 0 Å². The second-order valence-corrected chi connectivity index (χ2v) is 12.7. The molecule has 0 aliphatic heterocycles. The third-order valence-corrected chi connectivity index (χ3v) is 8.42. The lowest BCUT2D eigenvalue weighted by Gasteiger charge is -2.22. The van der Waals surface area contributed by atoms with Crippen molar-refractivity contribution in [2.24, 2.45) is 5.73 Å². The molecule has 7 heteroatoms. The minimum absolute atomic E-state index is 0.144. The van der Waals surface area contributed by atoms with Crippen molar-refractivity contribution in [2.45, 2.75) is 168 Å². The second-order valence-electron chi connectivity index (χ2n) is 12.7. The van der Waals surface area contributed by atoms with Gasteiger partial charge in [-0.3, -0.25) is 9.59 Å². The topological polar surface area (TPSA) is 99.5 Å². The molecule has 0 fully saturated rings. The van der Waals surface area contributed by atoms with Crippen molar-refractivity contribution in [2.75, 3.05) is 52.4 Å². The van der Waals surface area contributed by atoms with Crippen LogP contribution in [0.2, 0.25) is 0 Å². The van der Waals surface area contributed by atoms with E-state index in [-0.39, 0.29) is 11.8 Å². The van der Waals surface area contributed by atoms with Gasteiger partial charge >= 0.3 is 0 Å². The van der Waals surface area contributed by atoms with Gasteiger partial charge in [-0.25, -0.2) is 0 Å². The SMILES string of the molecule is CCCCCCCCCCCCNC(=O)CCNCCN(CCCCCN)CCC(=O)NCCCCCCCCCCC. The van der Waals surface area contributed by atoms with Gasteiger partial charge in [0.1, 0.15) is 0 Å². The van der Waals surface area contributed by atoms with E-state index in [2.05, 4.69) is 34.7 Å². The van der Waals surface area contributed by atoms with E-state index in [9.17, 15) is 9.59 Å². The number of nitrogens with two attached hydrogens (primary N) is 1. The molecule has 0 radical (unpaired) electrons. The summed E-state index contributed by atoms with van der Waals surface area (Å²) in [5.74, 6) is 0.310. The van der Waals surface area contributed by atoms with Crippen LogP contribution in [0.4, 0.5) is 0 Å². The number of hydrogen-bond acceptors (Lipinski definition) is 5. The lowest BCUT2D eigenvalue weighted by molar-refractivity contribution is -0.122. The van der Waals surface area contributed by atoms with E-state index in [1.165, 1.54) is 109 Å². The Morgan fingerprint density at radius 1 is 0.465 bits per heavy atom. The molecule has 0 atom stereocenters. The molecule has 0 unspecified atom stereocenters. The van der Waals surface area contributed by atoms with Gasteiger partial charge < -0.3 is 26.6 Å². The van der Waals surface area contributed by atoms with Gasteiger partial charge in [0.05, 0.1) is 0 Å². The minimum Gasteiger partial charge on any atom is -0.356 e. The highest BCUT2D eigenvalue weighted by Crippen LogP contribution is 2.11. The van der Waals surface area contributed by atoms with E-state index in [1.54, 1.807) is 0 Å². The molecule has 0 aromatic rings. The predicted octanol–water partition coefficient (Wildman–Crippen LogP) is 7.47. The summed E-state index contributed by atoms with van der Waals surface area (Å²) in [6.07, 6.45) is 29.2. The minimum atomic E-state index is 0.144. The van der Waals surface area contributed by atoms with E-state index >= 15 is 0 Å². The maximum atomic E-state index is 12.4. The van der Waals surface area contributed by atoms with Crippen molar-refractivity contribution < 1.29 is 9.59 Å².